The van der Waals surface area contributed by atoms with Crippen LogP contribution in [0.1, 0.15) is 26.0 Å². The lowest BCUT2D eigenvalue weighted by atomic mass is 9.90. The Kier molecular flexibility index (Phi) is 4.10. The van der Waals surface area contributed by atoms with E-state index in [0.29, 0.717) is 11.6 Å². The largest absolute Gasteiger partial charge is 0.481 e. The molecular formula is C13H21N3O2S. The van der Waals surface area contributed by atoms with E-state index in [2.05, 4.69) is 22.2 Å². The molecule has 1 fully saturated rings. The molecule has 0 spiro atoms. The van der Waals surface area contributed by atoms with Crippen molar-refractivity contribution in [1.29, 1.82) is 0 Å². The number of likely N-dealkylation sites (tertiary alicyclic amines) is 1. The van der Waals surface area contributed by atoms with E-state index in [4.69, 9.17) is 0 Å². The Bertz CT molecular complexity index is 458. The number of carbonyl (C=O) groups is 1. The molecule has 0 bridgehead atoms. The normalized spacial score (nSPS) is 20.7. The van der Waals surface area contributed by atoms with Crippen LogP contribution in [-0.2, 0) is 10.2 Å². The van der Waals surface area contributed by atoms with Crippen molar-refractivity contribution in [2.24, 2.45) is 5.92 Å². The van der Waals surface area contributed by atoms with Crippen molar-refractivity contribution in [2.75, 3.05) is 32.0 Å². The Balaban J connectivity index is 1.92. The van der Waals surface area contributed by atoms with Gasteiger partial charge in [-0.3, -0.25) is 4.79 Å². The van der Waals surface area contributed by atoms with E-state index in [0.717, 1.165) is 24.8 Å². The number of carboxylic acid groups (broad SMARTS) is 1. The second kappa shape index (κ2) is 5.46. The molecule has 1 aromatic rings. The van der Waals surface area contributed by atoms with Crippen LogP contribution in [0.2, 0.25) is 0 Å². The fourth-order valence-corrected chi connectivity index (χ4v) is 3.06. The van der Waals surface area contributed by atoms with Crippen molar-refractivity contribution in [3.63, 3.8) is 0 Å². The summed E-state index contributed by atoms with van der Waals surface area (Å²) in [6.07, 6.45) is 1.21. The van der Waals surface area contributed by atoms with Crippen LogP contribution in [0.15, 0.2) is 5.38 Å². The van der Waals surface area contributed by atoms with E-state index >= 15 is 0 Å². The fraction of sp³-hybridized carbons (Fsp3) is 0.692. The number of anilines is 1. The van der Waals surface area contributed by atoms with E-state index in [1.807, 2.05) is 5.38 Å². The van der Waals surface area contributed by atoms with Crippen molar-refractivity contribution < 1.29 is 9.90 Å². The standard InChI is InChI=1S/C13H21N3O2S/c1-13(2,11(17)18)10-8-19-12(15-10)14-6-9-4-5-16(3)7-9/h8-9H,4-7H2,1-3H3,(H,14,15)(H,17,18). The number of aliphatic carboxylic acids is 1. The predicted molar refractivity (Wildman–Crippen MR) is 76.9 cm³/mol. The van der Waals surface area contributed by atoms with Crippen LogP contribution in [0, 0.1) is 5.92 Å². The molecule has 0 aliphatic carbocycles. The molecule has 1 unspecified atom stereocenters. The molecule has 1 aliphatic heterocycles. The Morgan fingerprint density at radius 1 is 1.68 bits per heavy atom. The molecular weight excluding hydrogens is 262 g/mol. The third-order valence-electron chi connectivity index (χ3n) is 3.71. The quantitative estimate of drug-likeness (QED) is 0.863. The maximum Gasteiger partial charge on any atom is 0.315 e. The molecule has 0 radical (unpaired) electrons. The van der Waals surface area contributed by atoms with Gasteiger partial charge >= 0.3 is 5.97 Å². The number of rotatable bonds is 5. The van der Waals surface area contributed by atoms with Gasteiger partial charge in [-0.25, -0.2) is 4.98 Å². The number of carboxylic acids is 1. The minimum absolute atomic E-state index is 0.621. The lowest BCUT2D eigenvalue weighted by molar-refractivity contribution is -0.142. The summed E-state index contributed by atoms with van der Waals surface area (Å²) in [4.78, 5) is 17.9. The molecule has 0 amide bonds. The van der Waals surface area contributed by atoms with E-state index in [-0.39, 0.29) is 0 Å². The second-order valence-corrected chi connectivity index (χ2v) is 6.62. The van der Waals surface area contributed by atoms with Gasteiger partial charge in [0.05, 0.1) is 5.69 Å². The number of nitrogens with zero attached hydrogens (tertiary/aromatic N) is 2. The highest BCUT2D eigenvalue weighted by Gasteiger charge is 2.32. The first-order chi connectivity index (χ1) is 8.89. The zero-order valence-corrected chi connectivity index (χ0v) is 12.5. The van der Waals surface area contributed by atoms with Gasteiger partial charge in [-0.15, -0.1) is 11.3 Å². The first-order valence-corrected chi connectivity index (χ1v) is 7.39. The minimum atomic E-state index is -0.927. The molecule has 2 N–H and O–H groups in total. The van der Waals surface area contributed by atoms with Crippen molar-refractivity contribution >= 4 is 22.4 Å². The first kappa shape index (κ1) is 14.3. The minimum Gasteiger partial charge on any atom is -0.481 e. The highest BCUT2D eigenvalue weighted by molar-refractivity contribution is 7.13. The molecule has 2 rings (SSSR count). The first-order valence-electron chi connectivity index (χ1n) is 6.51. The summed E-state index contributed by atoms with van der Waals surface area (Å²) < 4.78 is 0. The summed E-state index contributed by atoms with van der Waals surface area (Å²) in [5, 5.41) is 15.1. The van der Waals surface area contributed by atoms with Crippen LogP contribution in [0.5, 0.6) is 0 Å². The van der Waals surface area contributed by atoms with Crippen LogP contribution in [-0.4, -0.2) is 47.6 Å². The molecule has 2 heterocycles. The second-order valence-electron chi connectivity index (χ2n) is 5.77. The molecule has 5 nitrogen and oxygen atoms in total. The number of nitrogens with one attached hydrogen (secondary N) is 1. The lowest BCUT2D eigenvalue weighted by Gasteiger charge is -2.15. The van der Waals surface area contributed by atoms with Gasteiger partial charge in [-0.05, 0) is 39.8 Å². The Morgan fingerprint density at radius 2 is 2.42 bits per heavy atom. The topological polar surface area (TPSA) is 65.5 Å². The predicted octanol–water partition coefficient (Wildman–Crippen LogP) is 1.87. The van der Waals surface area contributed by atoms with E-state index in [1.165, 1.54) is 17.8 Å². The summed E-state index contributed by atoms with van der Waals surface area (Å²) in [5.74, 6) is -0.188. The van der Waals surface area contributed by atoms with Gasteiger partial charge in [0.25, 0.3) is 0 Å². The van der Waals surface area contributed by atoms with Crippen LogP contribution in [0.3, 0.4) is 0 Å². The average molecular weight is 283 g/mol. The SMILES string of the molecule is CN1CCC(CNc2nc(C(C)(C)C(=O)O)cs2)C1. The van der Waals surface area contributed by atoms with Gasteiger partial charge in [0.1, 0.15) is 5.41 Å². The Morgan fingerprint density at radius 3 is 3.00 bits per heavy atom. The molecule has 1 atom stereocenters. The number of thiazole rings is 1. The molecule has 0 aromatic carbocycles. The zero-order chi connectivity index (χ0) is 14.0. The summed E-state index contributed by atoms with van der Waals surface area (Å²) >= 11 is 1.48. The fourth-order valence-electron chi connectivity index (χ4n) is 2.18. The van der Waals surface area contributed by atoms with E-state index in [1.54, 1.807) is 13.8 Å². The van der Waals surface area contributed by atoms with E-state index in [9.17, 15) is 9.90 Å². The smallest absolute Gasteiger partial charge is 0.315 e. The molecule has 1 saturated heterocycles. The van der Waals surface area contributed by atoms with Gasteiger partial charge in [0.15, 0.2) is 5.13 Å². The molecule has 106 valence electrons. The van der Waals surface area contributed by atoms with Crippen molar-refractivity contribution in [3.05, 3.63) is 11.1 Å². The monoisotopic (exact) mass is 283 g/mol. The third-order valence-corrected chi connectivity index (χ3v) is 4.51. The summed E-state index contributed by atoms with van der Waals surface area (Å²) in [6, 6.07) is 0. The van der Waals surface area contributed by atoms with Gasteiger partial charge in [0.2, 0.25) is 0 Å². The van der Waals surface area contributed by atoms with Crippen LogP contribution in [0.25, 0.3) is 0 Å². The maximum absolute atomic E-state index is 11.2. The van der Waals surface area contributed by atoms with Crippen molar-refractivity contribution in [3.8, 4) is 0 Å². The summed E-state index contributed by atoms with van der Waals surface area (Å²) in [7, 11) is 2.14. The summed E-state index contributed by atoms with van der Waals surface area (Å²) in [5.41, 5.74) is -0.305. The third kappa shape index (κ3) is 3.25. The number of aromatic nitrogens is 1. The van der Waals surface area contributed by atoms with Gasteiger partial charge in [0, 0.05) is 18.5 Å². The molecule has 1 aliphatic rings. The van der Waals surface area contributed by atoms with Crippen LogP contribution < -0.4 is 5.32 Å². The van der Waals surface area contributed by atoms with Gasteiger partial charge < -0.3 is 15.3 Å². The average Bonchev–Trinajstić information content (AvgIpc) is 2.95. The molecule has 0 saturated carbocycles. The highest BCUT2D eigenvalue weighted by Crippen LogP contribution is 2.27. The molecule has 19 heavy (non-hydrogen) atoms. The lowest BCUT2D eigenvalue weighted by Crippen LogP contribution is -2.28. The van der Waals surface area contributed by atoms with Crippen LogP contribution in [0.4, 0.5) is 5.13 Å². The molecule has 1 aromatic heterocycles. The maximum atomic E-state index is 11.2. The number of hydrogen-bond donors (Lipinski definition) is 2. The van der Waals surface area contributed by atoms with Crippen molar-refractivity contribution in [1.82, 2.24) is 9.88 Å². The zero-order valence-electron chi connectivity index (χ0n) is 11.6. The Labute approximate surface area is 117 Å². The van der Waals surface area contributed by atoms with Crippen molar-refractivity contribution in [2.45, 2.75) is 25.7 Å². The van der Waals surface area contributed by atoms with E-state index < -0.39 is 11.4 Å². The summed E-state index contributed by atoms with van der Waals surface area (Å²) in [6.45, 7) is 6.54. The van der Waals surface area contributed by atoms with Crippen LogP contribution >= 0.6 is 11.3 Å². The van der Waals surface area contributed by atoms with Gasteiger partial charge in [-0.2, -0.15) is 0 Å². The highest BCUT2D eigenvalue weighted by atomic mass is 32.1. The molecule has 6 heteroatoms. The number of hydrogen-bond acceptors (Lipinski definition) is 5. The van der Waals surface area contributed by atoms with Gasteiger partial charge in [-0.1, -0.05) is 0 Å². The Hall–Kier alpha value is -1.14.